The molecule has 1 saturated heterocycles. The Morgan fingerprint density at radius 3 is 2.67 bits per heavy atom. The zero-order valence-corrected chi connectivity index (χ0v) is 17.0. The van der Waals surface area contributed by atoms with Crippen LogP contribution in [0, 0.1) is 11.3 Å². The van der Waals surface area contributed by atoms with Gasteiger partial charge >= 0.3 is 6.09 Å². The summed E-state index contributed by atoms with van der Waals surface area (Å²) in [5.74, 6) is 1.12. The van der Waals surface area contributed by atoms with Gasteiger partial charge in [0.25, 0.3) is 0 Å². The molecule has 1 atom stereocenters. The van der Waals surface area contributed by atoms with Crippen LogP contribution in [0.3, 0.4) is 0 Å². The Morgan fingerprint density at radius 1 is 1.27 bits per heavy atom. The van der Waals surface area contributed by atoms with Crippen molar-refractivity contribution in [1.82, 2.24) is 9.88 Å². The number of methoxy groups -OCH3 is 2. The lowest BCUT2D eigenvalue weighted by molar-refractivity contribution is -0.0346. The lowest BCUT2D eigenvalue weighted by Gasteiger charge is -2.27. The van der Waals surface area contributed by atoms with Gasteiger partial charge in [-0.1, -0.05) is 0 Å². The Bertz CT molecular complexity index is 961. The molecule has 1 aromatic heterocycles. The molecule has 0 spiro atoms. The maximum atomic E-state index is 10.8. The van der Waals surface area contributed by atoms with Crippen molar-refractivity contribution in [2.24, 2.45) is 5.73 Å². The molecule has 160 valence electrons. The predicted molar refractivity (Wildman–Crippen MR) is 110 cm³/mol. The summed E-state index contributed by atoms with van der Waals surface area (Å²) in [6.07, 6.45) is 0.445. The topological polar surface area (TPSA) is 134 Å². The third-order valence-corrected chi connectivity index (χ3v) is 5.11. The highest BCUT2D eigenvalue weighted by atomic mass is 16.6. The lowest BCUT2D eigenvalue weighted by atomic mass is 10.1. The number of aliphatic hydroxyl groups is 1. The molecule has 3 N–H and O–H groups in total. The molecule has 30 heavy (non-hydrogen) atoms. The second kappa shape index (κ2) is 9.47. The molecule has 1 aliphatic heterocycles. The Labute approximate surface area is 174 Å². The normalized spacial score (nSPS) is 15.9. The average molecular weight is 415 g/mol. The third-order valence-electron chi connectivity index (χ3n) is 5.11. The lowest BCUT2D eigenvalue weighted by Crippen LogP contribution is -2.42. The number of anilines is 1. The summed E-state index contributed by atoms with van der Waals surface area (Å²) >= 11 is 0. The van der Waals surface area contributed by atoms with Crippen LogP contribution in [0.5, 0.6) is 11.5 Å². The molecule has 1 unspecified atom stereocenters. The first-order chi connectivity index (χ1) is 14.5. The van der Waals surface area contributed by atoms with Crippen molar-refractivity contribution < 1.29 is 24.1 Å². The maximum Gasteiger partial charge on any atom is 0.404 e. The highest BCUT2D eigenvalue weighted by molar-refractivity contribution is 5.96. The van der Waals surface area contributed by atoms with Gasteiger partial charge in [-0.25, -0.2) is 4.79 Å². The van der Waals surface area contributed by atoms with E-state index >= 15 is 0 Å². The number of fused-ring (bicyclic) bond motifs is 1. The summed E-state index contributed by atoms with van der Waals surface area (Å²) in [6.45, 7) is 2.19. The van der Waals surface area contributed by atoms with E-state index < -0.39 is 12.3 Å². The van der Waals surface area contributed by atoms with Gasteiger partial charge in [-0.05, 0) is 12.5 Å². The first kappa shape index (κ1) is 21.4. The summed E-state index contributed by atoms with van der Waals surface area (Å²) in [5, 5.41) is 20.8. The van der Waals surface area contributed by atoms with Crippen LogP contribution in [0.1, 0.15) is 12.0 Å². The average Bonchev–Trinajstić information content (AvgIpc) is 3.01. The van der Waals surface area contributed by atoms with Crippen molar-refractivity contribution >= 4 is 22.7 Å². The molecular formula is C20H25N5O5. The van der Waals surface area contributed by atoms with Crippen molar-refractivity contribution in [2.45, 2.75) is 12.6 Å². The zero-order chi connectivity index (χ0) is 21.7. The highest BCUT2D eigenvalue weighted by Crippen LogP contribution is 2.37. The molecule has 0 saturated carbocycles. The summed E-state index contributed by atoms with van der Waals surface area (Å²) in [7, 11) is 3.12. The van der Waals surface area contributed by atoms with E-state index in [9.17, 15) is 15.2 Å². The standard InChI is InChI=1S/C20H25N5O5/c1-28-16-8-14-15(9-17(16)29-2)23-11-13(10-21)19(14)25-5-3-4-24(6-7-25)18(26)12-30-20(22)27/h8-9,11,18,26H,3-7,12H2,1-2H3,(H2,22,27). The Balaban J connectivity index is 1.91. The molecule has 1 amide bonds. The van der Waals surface area contributed by atoms with Crippen LogP contribution in [0.2, 0.25) is 0 Å². The predicted octanol–water partition coefficient (Wildman–Crippen LogP) is 1.05. The fourth-order valence-corrected chi connectivity index (χ4v) is 3.65. The van der Waals surface area contributed by atoms with Crippen LogP contribution in [0.4, 0.5) is 10.5 Å². The zero-order valence-electron chi connectivity index (χ0n) is 17.0. The van der Waals surface area contributed by atoms with E-state index in [1.54, 1.807) is 26.5 Å². The first-order valence-corrected chi connectivity index (χ1v) is 9.52. The molecule has 2 aromatic rings. The van der Waals surface area contributed by atoms with Gasteiger partial charge in [0.15, 0.2) is 11.5 Å². The molecule has 3 rings (SSSR count). The van der Waals surface area contributed by atoms with E-state index in [1.807, 2.05) is 11.0 Å². The van der Waals surface area contributed by atoms with Gasteiger partial charge in [-0.3, -0.25) is 9.88 Å². The summed E-state index contributed by atoms with van der Waals surface area (Å²) in [6, 6.07) is 5.84. The number of benzene rings is 1. The minimum atomic E-state index is -0.938. The monoisotopic (exact) mass is 415 g/mol. The quantitative estimate of drug-likeness (QED) is 0.710. The van der Waals surface area contributed by atoms with Crippen LogP contribution in [0.25, 0.3) is 10.9 Å². The van der Waals surface area contributed by atoms with Gasteiger partial charge in [0.1, 0.15) is 18.9 Å². The Morgan fingerprint density at radius 2 is 2.00 bits per heavy atom. The van der Waals surface area contributed by atoms with Gasteiger partial charge in [0.05, 0.1) is 31.0 Å². The Kier molecular flexibility index (Phi) is 6.76. The number of ether oxygens (including phenoxy) is 3. The van der Waals surface area contributed by atoms with Crippen molar-refractivity contribution in [1.29, 1.82) is 5.26 Å². The van der Waals surface area contributed by atoms with Crippen molar-refractivity contribution in [3.8, 4) is 17.6 Å². The van der Waals surface area contributed by atoms with Gasteiger partial charge in [0.2, 0.25) is 0 Å². The molecule has 2 heterocycles. The van der Waals surface area contributed by atoms with Crippen LogP contribution in [0.15, 0.2) is 18.3 Å². The second-order valence-electron chi connectivity index (χ2n) is 6.84. The minimum Gasteiger partial charge on any atom is -0.493 e. The van der Waals surface area contributed by atoms with Crippen LogP contribution in [-0.4, -0.2) is 74.3 Å². The van der Waals surface area contributed by atoms with Crippen LogP contribution < -0.4 is 20.1 Å². The Hall–Kier alpha value is -3.29. The van der Waals surface area contributed by atoms with E-state index in [2.05, 4.69) is 16.0 Å². The number of pyridine rings is 1. The van der Waals surface area contributed by atoms with Crippen molar-refractivity contribution in [3.05, 3.63) is 23.9 Å². The molecule has 0 aliphatic carbocycles. The SMILES string of the molecule is COc1cc2ncc(C#N)c(N3CCCN(C(O)COC(N)=O)CC3)c2cc1OC. The van der Waals surface area contributed by atoms with Gasteiger partial charge in [0, 0.05) is 43.8 Å². The number of primary amides is 1. The molecule has 0 bridgehead atoms. The number of aromatic nitrogens is 1. The summed E-state index contributed by atoms with van der Waals surface area (Å²) < 4.78 is 15.5. The molecule has 1 aromatic carbocycles. The molecule has 10 nitrogen and oxygen atoms in total. The van der Waals surface area contributed by atoms with Gasteiger partial charge in [-0.2, -0.15) is 5.26 Å². The minimum absolute atomic E-state index is 0.187. The van der Waals surface area contributed by atoms with E-state index in [-0.39, 0.29) is 6.61 Å². The smallest absolute Gasteiger partial charge is 0.404 e. The number of amides is 1. The maximum absolute atomic E-state index is 10.8. The van der Waals surface area contributed by atoms with Crippen molar-refractivity contribution in [3.63, 3.8) is 0 Å². The molecular weight excluding hydrogens is 390 g/mol. The summed E-state index contributed by atoms with van der Waals surface area (Å²) in [5.41, 5.74) is 6.90. The number of hydrogen-bond donors (Lipinski definition) is 2. The summed E-state index contributed by atoms with van der Waals surface area (Å²) in [4.78, 5) is 19.1. The largest absolute Gasteiger partial charge is 0.493 e. The number of rotatable bonds is 6. The van der Waals surface area contributed by atoms with Gasteiger partial charge in [-0.15, -0.1) is 0 Å². The number of nitrogens with zero attached hydrogens (tertiary/aromatic N) is 4. The number of aliphatic hydroxyl groups excluding tert-OH is 1. The number of carbonyl (C=O) groups excluding carboxylic acids is 1. The van der Waals surface area contributed by atoms with Crippen LogP contribution in [-0.2, 0) is 4.74 Å². The highest BCUT2D eigenvalue weighted by Gasteiger charge is 2.24. The number of nitrogens with two attached hydrogens (primary N) is 1. The van der Waals surface area contributed by atoms with E-state index in [1.165, 1.54) is 0 Å². The molecule has 1 fully saturated rings. The van der Waals surface area contributed by atoms with E-state index in [0.29, 0.717) is 48.8 Å². The number of hydrogen-bond acceptors (Lipinski definition) is 9. The van der Waals surface area contributed by atoms with Gasteiger partial charge < -0.3 is 30.0 Å². The second-order valence-corrected chi connectivity index (χ2v) is 6.84. The fourth-order valence-electron chi connectivity index (χ4n) is 3.65. The fraction of sp³-hybridized carbons (Fsp3) is 0.450. The molecule has 1 aliphatic rings. The molecule has 0 radical (unpaired) electrons. The number of carbonyl (C=O) groups is 1. The van der Waals surface area contributed by atoms with Crippen LogP contribution >= 0.6 is 0 Å². The number of nitriles is 1. The van der Waals surface area contributed by atoms with Crippen molar-refractivity contribution in [2.75, 3.05) is 51.9 Å². The van der Waals surface area contributed by atoms with E-state index in [0.717, 1.165) is 17.5 Å². The first-order valence-electron chi connectivity index (χ1n) is 9.52. The molecule has 10 heteroatoms. The third kappa shape index (κ3) is 4.48. The van der Waals surface area contributed by atoms with E-state index in [4.69, 9.17) is 19.9 Å².